The van der Waals surface area contributed by atoms with Crippen molar-refractivity contribution in [3.05, 3.63) is 16.5 Å². The normalized spacial score (nSPS) is 27.0. The lowest BCUT2D eigenvalue weighted by Crippen LogP contribution is -2.61. The molecule has 190 valence electrons. The molecule has 0 aromatic carbocycles. The smallest absolute Gasteiger partial charge is 0.261 e. The molecule has 34 heavy (non-hydrogen) atoms. The van der Waals surface area contributed by atoms with Crippen LogP contribution in [-0.2, 0) is 14.3 Å². The van der Waals surface area contributed by atoms with Crippen molar-refractivity contribution in [3.63, 3.8) is 0 Å². The second-order valence-corrected chi connectivity index (χ2v) is 11.5. The van der Waals surface area contributed by atoms with Crippen LogP contribution in [0, 0.1) is 5.92 Å². The van der Waals surface area contributed by atoms with E-state index in [0.717, 1.165) is 12.6 Å². The van der Waals surface area contributed by atoms with Crippen molar-refractivity contribution in [3.8, 4) is 5.06 Å². The molecule has 2 amide bonds. The van der Waals surface area contributed by atoms with Gasteiger partial charge in [-0.05, 0) is 69.7 Å². The number of hydrogen-bond donors (Lipinski definition) is 0. The van der Waals surface area contributed by atoms with Crippen LogP contribution < -0.4 is 4.74 Å². The van der Waals surface area contributed by atoms with Crippen LogP contribution in [0.25, 0.3) is 0 Å². The summed E-state index contributed by atoms with van der Waals surface area (Å²) in [6.45, 7) is 4.48. The van der Waals surface area contributed by atoms with Gasteiger partial charge in [0.2, 0.25) is 5.91 Å². The molecule has 4 rings (SSSR count). The molecule has 3 heterocycles. The highest BCUT2D eigenvalue weighted by molar-refractivity contribution is 7.17. The van der Waals surface area contributed by atoms with Gasteiger partial charge >= 0.3 is 0 Å². The van der Waals surface area contributed by atoms with Crippen molar-refractivity contribution in [1.82, 2.24) is 14.7 Å². The number of amides is 2. The second kappa shape index (κ2) is 12.6. The van der Waals surface area contributed by atoms with Gasteiger partial charge in [0, 0.05) is 32.8 Å². The summed E-state index contributed by atoms with van der Waals surface area (Å²) in [5.41, 5.74) is 0. The van der Waals surface area contributed by atoms with Gasteiger partial charge in [0.05, 0.1) is 10.9 Å². The summed E-state index contributed by atoms with van der Waals surface area (Å²) in [7, 11) is 1.57. The number of halogens is 1. The molecule has 0 unspecified atom stereocenters. The van der Waals surface area contributed by atoms with Gasteiger partial charge in [0.1, 0.15) is 6.04 Å². The van der Waals surface area contributed by atoms with Crippen molar-refractivity contribution >= 4 is 34.8 Å². The predicted molar refractivity (Wildman–Crippen MR) is 135 cm³/mol. The first-order valence-electron chi connectivity index (χ1n) is 12.7. The summed E-state index contributed by atoms with van der Waals surface area (Å²) in [4.78, 5) is 32.5. The summed E-state index contributed by atoms with van der Waals surface area (Å²) in [6, 6.07) is 3.62. The lowest BCUT2D eigenvalue weighted by Gasteiger charge is -2.43. The zero-order valence-electron chi connectivity index (χ0n) is 20.3. The highest BCUT2D eigenvalue weighted by Gasteiger charge is 2.39. The van der Waals surface area contributed by atoms with Gasteiger partial charge in [-0.2, -0.15) is 0 Å². The van der Waals surface area contributed by atoms with Crippen molar-refractivity contribution in [1.29, 1.82) is 0 Å². The van der Waals surface area contributed by atoms with E-state index in [2.05, 4.69) is 4.90 Å². The first-order valence-corrected chi connectivity index (χ1v) is 13.9. The highest BCUT2D eigenvalue weighted by atomic mass is 35.5. The van der Waals surface area contributed by atoms with E-state index in [-0.39, 0.29) is 25.0 Å². The fourth-order valence-corrected chi connectivity index (χ4v) is 6.57. The first kappa shape index (κ1) is 25.7. The van der Waals surface area contributed by atoms with Gasteiger partial charge in [-0.25, -0.2) is 0 Å². The van der Waals surface area contributed by atoms with Gasteiger partial charge in [-0.1, -0.05) is 35.8 Å². The molecule has 1 atom stereocenters. The Bertz CT molecular complexity index is 806. The van der Waals surface area contributed by atoms with E-state index >= 15 is 0 Å². The zero-order chi connectivity index (χ0) is 23.9. The summed E-state index contributed by atoms with van der Waals surface area (Å²) < 4.78 is 11.5. The lowest BCUT2D eigenvalue weighted by molar-refractivity contribution is -0.155. The highest BCUT2D eigenvalue weighted by Crippen LogP contribution is 2.31. The molecule has 2 saturated heterocycles. The van der Waals surface area contributed by atoms with Crippen LogP contribution in [0.4, 0.5) is 0 Å². The third kappa shape index (κ3) is 6.65. The summed E-state index contributed by atoms with van der Waals surface area (Å²) in [6.07, 6.45) is 10.3. The van der Waals surface area contributed by atoms with Gasteiger partial charge in [-0.15, -0.1) is 0 Å². The zero-order valence-corrected chi connectivity index (χ0v) is 21.8. The van der Waals surface area contributed by atoms with E-state index in [1.165, 1.54) is 75.8 Å². The quantitative estimate of drug-likeness (QED) is 0.529. The van der Waals surface area contributed by atoms with Crippen molar-refractivity contribution in [2.24, 2.45) is 5.92 Å². The van der Waals surface area contributed by atoms with Crippen LogP contribution in [0.1, 0.15) is 51.4 Å². The number of likely N-dealkylation sites (tertiary alicyclic amines) is 1. The average molecular weight is 512 g/mol. The number of piperazine rings is 1. The van der Waals surface area contributed by atoms with E-state index in [4.69, 9.17) is 21.1 Å². The fraction of sp³-hybridized carbons (Fsp3) is 0.760. The maximum atomic E-state index is 13.3. The Balaban J connectivity index is 1.27. The maximum absolute atomic E-state index is 13.3. The molecule has 1 aliphatic carbocycles. The van der Waals surface area contributed by atoms with Crippen LogP contribution in [0.15, 0.2) is 12.1 Å². The predicted octanol–water partition coefficient (Wildman–Crippen LogP) is 3.90. The number of hydrogen-bond acceptors (Lipinski definition) is 6. The average Bonchev–Trinajstić information content (AvgIpc) is 3.08. The molecule has 1 saturated carbocycles. The number of ether oxygens (including phenoxy) is 2. The van der Waals surface area contributed by atoms with Crippen LogP contribution in [0.3, 0.4) is 0 Å². The van der Waals surface area contributed by atoms with Gasteiger partial charge in [0.25, 0.3) is 5.91 Å². The Kier molecular flexibility index (Phi) is 9.51. The van der Waals surface area contributed by atoms with Crippen LogP contribution in [0.2, 0.25) is 4.34 Å². The lowest BCUT2D eigenvalue weighted by atomic mass is 9.84. The molecule has 9 heteroatoms. The van der Waals surface area contributed by atoms with Gasteiger partial charge < -0.3 is 24.2 Å². The number of carbonyl (C=O) groups is 2. The van der Waals surface area contributed by atoms with Gasteiger partial charge in [-0.3, -0.25) is 9.59 Å². The Morgan fingerprint density at radius 1 is 1.06 bits per heavy atom. The largest absolute Gasteiger partial charge is 0.474 e. The molecule has 0 radical (unpaired) electrons. The molecule has 3 aliphatic rings. The number of thiophene rings is 1. The van der Waals surface area contributed by atoms with E-state index < -0.39 is 6.04 Å². The summed E-state index contributed by atoms with van der Waals surface area (Å²) in [5.74, 6) is 0.345. The van der Waals surface area contributed by atoms with Crippen LogP contribution >= 0.6 is 22.9 Å². The fourth-order valence-electron chi connectivity index (χ4n) is 5.69. The monoisotopic (exact) mass is 511 g/mol. The van der Waals surface area contributed by atoms with Crippen molar-refractivity contribution in [2.75, 3.05) is 53.0 Å². The SMILES string of the molecule is COC[C@H]1C(=O)N(C[C@H]2CC[C@@H](N3CCCCCC3)CC2)CCN1C(=O)COc1ccc(Cl)s1. The number of rotatable bonds is 8. The second-order valence-electron chi connectivity index (χ2n) is 9.81. The number of methoxy groups -OCH3 is 1. The third-order valence-corrected chi connectivity index (χ3v) is 8.71. The molecule has 3 fully saturated rings. The Morgan fingerprint density at radius 3 is 2.44 bits per heavy atom. The molecule has 2 aliphatic heterocycles. The van der Waals surface area contributed by atoms with E-state index in [0.29, 0.717) is 28.4 Å². The maximum Gasteiger partial charge on any atom is 0.261 e. The summed E-state index contributed by atoms with van der Waals surface area (Å²) in [5, 5.41) is 0.599. The molecule has 1 aromatic rings. The minimum Gasteiger partial charge on any atom is -0.474 e. The molecule has 0 spiro atoms. The number of carbonyl (C=O) groups excluding carboxylic acids is 2. The molecular weight excluding hydrogens is 474 g/mol. The molecular formula is C25H38ClN3O4S. The number of nitrogens with zero attached hydrogens (tertiary/aromatic N) is 3. The standard InChI is InChI=1S/C25H38ClN3O4S/c1-32-17-21-25(31)28(14-15-29(21)23(30)18-33-24-11-10-22(26)34-24)16-19-6-8-20(9-7-19)27-12-4-2-3-5-13-27/h10-11,19-21H,2-9,12-18H2,1H3/t19-,20+,21-/m0/s1. The van der Waals surface area contributed by atoms with Crippen LogP contribution in [0.5, 0.6) is 5.06 Å². The molecule has 0 N–H and O–H groups in total. The van der Waals surface area contributed by atoms with E-state index in [1.54, 1.807) is 24.1 Å². The topological polar surface area (TPSA) is 62.3 Å². The Labute approximate surface area is 212 Å². The van der Waals surface area contributed by atoms with Crippen LogP contribution in [-0.4, -0.2) is 91.6 Å². The minimum absolute atomic E-state index is 0.00439. The van der Waals surface area contributed by atoms with Crippen molar-refractivity contribution in [2.45, 2.75) is 63.5 Å². The molecule has 7 nitrogen and oxygen atoms in total. The minimum atomic E-state index is -0.588. The van der Waals surface area contributed by atoms with Crippen molar-refractivity contribution < 1.29 is 19.1 Å². The molecule has 0 bridgehead atoms. The Morgan fingerprint density at radius 2 is 1.79 bits per heavy atom. The van der Waals surface area contributed by atoms with E-state index in [9.17, 15) is 9.59 Å². The first-order chi connectivity index (χ1) is 16.5. The summed E-state index contributed by atoms with van der Waals surface area (Å²) >= 11 is 7.22. The molecule has 1 aromatic heterocycles. The Hall–Kier alpha value is -1.35. The van der Waals surface area contributed by atoms with E-state index in [1.807, 2.05) is 4.90 Å². The van der Waals surface area contributed by atoms with Gasteiger partial charge in [0.15, 0.2) is 11.7 Å². The third-order valence-electron chi connectivity index (χ3n) is 7.57.